The van der Waals surface area contributed by atoms with Crippen molar-refractivity contribution in [3.05, 3.63) is 52.8 Å². The van der Waals surface area contributed by atoms with E-state index >= 15 is 0 Å². The van der Waals surface area contributed by atoms with Crippen molar-refractivity contribution in [3.8, 4) is 5.75 Å². The molecule has 27 heavy (non-hydrogen) atoms. The zero-order chi connectivity index (χ0) is 19.6. The Morgan fingerprint density at radius 3 is 2.56 bits per heavy atom. The molecule has 0 fully saturated rings. The lowest BCUT2D eigenvalue weighted by Gasteiger charge is -2.13. The number of fused-ring (bicyclic) bond motifs is 1. The Labute approximate surface area is 167 Å². The lowest BCUT2D eigenvalue weighted by atomic mass is 10.2. The van der Waals surface area contributed by atoms with Crippen molar-refractivity contribution in [1.29, 1.82) is 4.78 Å². The molecular weight excluding hydrogens is 428 g/mol. The minimum Gasteiger partial charge on any atom is -0.488 e. The van der Waals surface area contributed by atoms with Gasteiger partial charge in [0.25, 0.3) is 0 Å². The second kappa shape index (κ2) is 7.82. The molecule has 0 aliphatic rings. The molecule has 6 nitrogen and oxygen atoms in total. The van der Waals surface area contributed by atoms with Crippen molar-refractivity contribution < 1.29 is 8.95 Å². The lowest BCUT2D eigenvalue weighted by molar-refractivity contribution is 0.304. The molecular formula is C19H21BrN4O2S. The van der Waals surface area contributed by atoms with Crippen molar-refractivity contribution in [2.24, 2.45) is 0 Å². The van der Waals surface area contributed by atoms with E-state index in [4.69, 9.17) is 9.52 Å². The number of nitrogens with zero attached hydrogens (tertiary/aromatic N) is 2. The smallest absolute Gasteiger partial charge is 0.137 e. The van der Waals surface area contributed by atoms with Crippen LogP contribution in [0.3, 0.4) is 0 Å². The summed E-state index contributed by atoms with van der Waals surface area (Å²) in [7, 11) is -2.70. The molecule has 2 N–H and O–H groups in total. The third-order valence-electron chi connectivity index (χ3n) is 3.88. The third kappa shape index (κ3) is 4.75. The van der Waals surface area contributed by atoms with E-state index < -0.39 is 9.73 Å². The molecule has 1 heterocycles. The van der Waals surface area contributed by atoms with Crippen LogP contribution in [0.2, 0.25) is 0 Å². The first-order valence-corrected chi connectivity index (χ1v) is 11.2. The van der Waals surface area contributed by atoms with Gasteiger partial charge in [0, 0.05) is 28.6 Å². The number of rotatable bonds is 6. The Morgan fingerprint density at radius 2 is 1.93 bits per heavy atom. The van der Waals surface area contributed by atoms with Gasteiger partial charge in [-0.1, -0.05) is 12.1 Å². The fraction of sp³-hybridized carbons (Fsp3) is 0.263. The molecule has 1 unspecified atom stereocenters. The molecule has 0 radical (unpaired) electrons. The van der Waals surface area contributed by atoms with E-state index in [1.807, 2.05) is 24.3 Å². The summed E-state index contributed by atoms with van der Waals surface area (Å²) in [6.07, 6.45) is 2.95. The molecule has 1 aromatic heterocycles. The summed E-state index contributed by atoms with van der Waals surface area (Å²) in [4.78, 5) is 9.17. The highest BCUT2D eigenvalue weighted by Gasteiger charge is 2.11. The Balaban J connectivity index is 1.82. The highest BCUT2D eigenvalue weighted by atomic mass is 79.9. The van der Waals surface area contributed by atoms with Crippen molar-refractivity contribution in [3.63, 3.8) is 0 Å². The SMILES string of the molecule is CC(C)Nc1ncnc2cc(OCc3ccc(S(C)(=N)=O)cc3)c(Br)cc12. The van der Waals surface area contributed by atoms with Gasteiger partial charge in [0.05, 0.1) is 19.7 Å². The molecule has 8 heteroatoms. The van der Waals surface area contributed by atoms with E-state index in [2.05, 4.69) is 45.1 Å². The minimum atomic E-state index is -2.70. The van der Waals surface area contributed by atoms with E-state index in [0.29, 0.717) is 17.3 Å². The van der Waals surface area contributed by atoms with Crippen LogP contribution >= 0.6 is 15.9 Å². The van der Waals surface area contributed by atoms with Crippen LogP contribution in [0.1, 0.15) is 19.4 Å². The quantitative estimate of drug-likeness (QED) is 0.563. The molecule has 0 aliphatic carbocycles. The molecule has 3 rings (SSSR count). The van der Waals surface area contributed by atoms with Crippen LogP contribution in [0.4, 0.5) is 5.82 Å². The van der Waals surface area contributed by atoms with Gasteiger partial charge < -0.3 is 10.1 Å². The maximum atomic E-state index is 11.8. The number of ether oxygens (including phenoxy) is 1. The number of anilines is 1. The second-order valence-electron chi connectivity index (χ2n) is 6.60. The molecule has 2 aromatic carbocycles. The van der Waals surface area contributed by atoms with Gasteiger partial charge >= 0.3 is 0 Å². The van der Waals surface area contributed by atoms with E-state index in [0.717, 1.165) is 26.8 Å². The highest BCUT2D eigenvalue weighted by Crippen LogP contribution is 2.32. The zero-order valence-electron chi connectivity index (χ0n) is 15.3. The molecule has 0 saturated heterocycles. The van der Waals surface area contributed by atoms with Crippen LogP contribution in [0.15, 0.2) is 52.1 Å². The van der Waals surface area contributed by atoms with Gasteiger partial charge in [-0.25, -0.2) is 19.0 Å². The average Bonchev–Trinajstić information content (AvgIpc) is 2.60. The van der Waals surface area contributed by atoms with Crippen LogP contribution in [-0.2, 0) is 16.3 Å². The summed E-state index contributed by atoms with van der Waals surface area (Å²) < 4.78 is 26.1. The summed E-state index contributed by atoms with van der Waals surface area (Å²) >= 11 is 3.56. The van der Waals surface area contributed by atoms with Crippen LogP contribution in [0, 0.1) is 4.78 Å². The molecule has 0 spiro atoms. The number of aromatic nitrogens is 2. The third-order valence-corrected chi connectivity index (χ3v) is 5.67. The number of nitrogens with one attached hydrogen (secondary N) is 2. The van der Waals surface area contributed by atoms with Gasteiger partial charge in [-0.05, 0) is 53.5 Å². The van der Waals surface area contributed by atoms with E-state index in [-0.39, 0.29) is 6.04 Å². The maximum Gasteiger partial charge on any atom is 0.137 e. The Morgan fingerprint density at radius 1 is 1.22 bits per heavy atom. The first-order chi connectivity index (χ1) is 12.7. The summed E-state index contributed by atoms with van der Waals surface area (Å²) in [6.45, 7) is 4.47. The molecule has 0 saturated carbocycles. The van der Waals surface area contributed by atoms with Crippen LogP contribution < -0.4 is 10.1 Å². The fourth-order valence-corrected chi connectivity index (χ4v) is 3.68. The first-order valence-electron chi connectivity index (χ1n) is 8.40. The van der Waals surface area contributed by atoms with E-state index in [1.54, 1.807) is 12.1 Å². The standard InChI is InChI=1S/C19H21BrN4O2S/c1-12(2)24-19-15-8-16(20)18(9-17(15)22-11-23-19)26-10-13-4-6-14(7-5-13)27(3,21)25/h4-9,11-12,21H,10H2,1-3H3,(H,22,23,24). The lowest BCUT2D eigenvalue weighted by Crippen LogP contribution is -2.11. The van der Waals surface area contributed by atoms with E-state index in [1.165, 1.54) is 12.6 Å². The van der Waals surface area contributed by atoms with Crippen molar-refractivity contribution in [1.82, 2.24) is 9.97 Å². The van der Waals surface area contributed by atoms with Gasteiger partial charge in [0.2, 0.25) is 0 Å². The molecule has 1 atom stereocenters. The second-order valence-corrected chi connectivity index (χ2v) is 9.61. The normalized spacial score (nSPS) is 13.5. The van der Waals surface area contributed by atoms with Crippen LogP contribution in [0.5, 0.6) is 5.75 Å². The summed E-state index contributed by atoms with van der Waals surface area (Å²) in [5.74, 6) is 1.47. The summed E-state index contributed by atoms with van der Waals surface area (Å²) in [6, 6.07) is 11.2. The Hall–Kier alpha value is -2.19. The number of halogens is 1. The number of hydrogen-bond donors (Lipinski definition) is 2. The first kappa shape index (κ1) is 19.6. The topological polar surface area (TPSA) is 88.0 Å². The van der Waals surface area contributed by atoms with Crippen molar-refractivity contribution in [2.45, 2.75) is 31.4 Å². The molecule has 142 valence electrons. The zero-order valence-corrected chi connectivity index (χ0v) is 17.7. The summed E-state index contributed by atoms with van der Waals surface area (Å²) in [5, 5.41) is 4.24. The number of benzene rings is 2. The van der Waals surface area contributed by atoms with Gasteiger partial charge in [-0.2, -0.15) is 0 Å². The highest BCUT2D eigenvalue weighted by molar-refractivity contribution is 9.10. The van der Waals surface area contributed by atoms with Gasteiger partial charge in [0.15, 0.2) is 0 Å². The predicted molar refractivity (Wildman–Crippen MR) is 112 cm³/mol. The Kier molecular flexibility index (Phi) is 5.67. The minimum absolute atomic E-state index is 0.266. The monoisotopic (exact) mass is 448 g/mol. The van der Waals surface area contributed by atoms with Crippen molar-refractivity contribution >= 4 is 42.4 Å². The molecule has 3 aromatic rings. The van der Waals surface area contributed by atoms with Crippen LogP contribution in [0.25, 0.3) is 10.9 Å². The van der Waals surface area contributed by atoms with E-state index in [9.17, 15) is 4.21 Å². The van der Waals surface area contributed by atoms with Crippen LogP contribution in [-0.4, -0.2) is 26.5 Å². The Bertz CT molecular complexity index is 1070. The van der Waals surface area contributed by atoms with Gasteiger partial charge in [-0.3, -0.25) is 0 Å². The average molecular weight is 449 g/mol. The number of hydrogen-bond acceptors (Lipinski definition) is 6. The maximum absolute atomic E-state index is 11.8. The van der Waals surface area contributed by atoms with Gasteiger partial charge in [-0.15, -0.1) is 0 Å². The summed E-state index contributed by atoms with van der Waals surface area (Å²) in [5.41, 5.74) is 1.72. The largest absolute Gasteiger partial charge is 0.488 e. The molecule has 0 amide bonds. The van der Waals surface area contributed by atoms with Crippen molar-refractivity contribution in [2.75, 3.05) is 11.6 Å². The molecule has 0 aliphatic heterocycles. The van der Waals surface area contributed by atoms with Gasteiger partial charge in [0.1, 0.15) is 24.5 Å². The predicted octanol–water partition coefficient (Wildman–Crippen LogP) is 4.83. The molecule has 0 bridgehead atoms. The fourth-order valence-electron chi connectivity index (χ4n) is 2.56.